The molecule has 224 valence electrons. The molecule has 2 aliphatic carbocycles. The maximum Gasteiger partial charge on any atom is 0.255 e. The van der Waals surface area contributed by atoms with Gasteiger partial charge in [0.25, 0.3) is 5.91 Å². The average Bonchev–Trinajstić information content (AvgIpc) is 3.10. The minimum absolute atomic E-state index is 0.0326. The lowest BCUT2D eigenvalue weighted by molar-refractivity contribution is -0.0525. The van der Waals surface area contributed by atoms with Crippen LogP contribution < -0.4 is 10.0 Å². The van der Waals surface area contributed by atoms with Crippen molar-refractivity contribution in [2.75, 3.05) is 11.9 Å². The molecule has 0 spiro atoms. The highest BCUT2D eigenvalue weighted by molar-refractivity contribution is 7.92. The third-order valence-electron chi connectivity index (χ3n) is 8.04. The molecule has 1 heterocycles. The van der Waals surface area contributed by atoms with Crippen molar-refractivity contribution in [3.8, 4) is 0 Å². The first-order valence-corrected chi connectivity index (χ1v) is 16.2. The van der Waals surface area contributed by atoms with Crippen molar-refractivity contribution in [3.05, 3.63) is 82.9 Å². The number of anilines is 1. The molecule has 2 saturated carbocycles. The molecule has 0 radical (unpaired) electrons. The van der Waals surface area contributed by atoms with Crippen molar-refractivity contribution in [2.45, 2.75) is 46.3 Å². The summed E-state index contributed by atoms with van der Waals surface area (Å²) in [6, 6.07) is 7.48. The number of fused-ring (bicyclic) bond motifs is 2. The molecule has 0 saturated heterocycles. The van der Waals surface area contributed by atoms with Gasteiger partial charge in [0, 0.05) is 42.3 Å². The van der Waals surface area contributed by atoms with E-state index in [1.165, 1.54) is 36.7 Å². The fourth-order valence-electron chi connectivity index (χ4n) is 5.83. The molecule has 2 aliphatic rings. The Hall–Kier alpha value is -3.04. The Morgan fingerprint density at radius 1 is 1.02 bits per heavy atom. The Morgan fingerprint density at radius 2 is 1.67 bits per heavy atom. The first-order valence-electron chi connectivity index (χ1n) is 12.8. The third-order valence-corrected chi connectivity index (χ3v) is 12.1. The van der Waals surface area contributed by atoms with Gasteiger partial charge in [0.05, 0.1) is 20.8 Å². The number of carbonyl (C=O) groups excluding carboxylic acids is 1. The number of aliphatic hydroxyl groups is 1. The highest BCUT2D eigenvalue weighted by Gasteiger charge is 2.56. The number of benzene rings is 2. The van der Waals surface area contributed by atoms with Crippen LogP contribution in [0.25, 0.3) is 0 Å². The van der Waals surface area contributed by atoms with Crippen LogP contribution in [0.2, 0.25) is 5.02 Å². The van der Waals surface area contributed by atoms with Gasteiger partial charge in [-0.25, -0.2) is 34.7 Å². The standard InChI is InChI=1S/C27H25ClF3N3O6S2/c28-21-6-3-15(26(35)34-18-11-22(29)25(31)23(30)12-18)8-24(21)41(37,38)20-9-16-4-5-17(10-20)27(16,36)14-33-42(39,40)19-2-1-7-32-13-19/h1-3,6-8,11-13,16-17,20,33,36H,4-5,9-10,14H2,(H,34,35)/t16-,17?,20?,27?/m0/s1. The summed E-state index contributed by atoms with van der Waals surface area (Å²) in [7, 11) is -8.10. The van der Waals surface area contributed by atoms with Crippen LogP contribution >= 0.6 is 11.6 Å². The molecule has 15 heteroatoms. The lowest BCUT2D eigenvalue weighted by Gasteiger charge is -2.42. The van der Waals surface area contributed by atoms with Crippen molar-refractivity contribution in [1.29, 1.82) is 0 Å². The molecule has 2 bridgehead atoms. The minimum atomic E-state index is -4.14. The van der Waals surface area contributed by atoms with Crippen molar-refractivity contribution in [1.82, 2.24) is 9.71 Å². The monoisotopic (exact) mass is 643 g/mol. The van der Waals surface area contributed by atoms with Crippen LogP contribution in [0.4, 0.5) is 18.9 Å². The first kappa shape index (κ1) is 30.4. The summed E-state index contributed by atoms with van der Waals surface area (Å²) in [5.74, 6) is -6.69. The predicted octanol–water partition coefficient (Wildman–Crippen LogP) is 4.08. The molecule has 3 N–H and O–H groups in total. The van der Waals surface area contributed by atoms with E-state index in [4.69, 9.17) is 11.6 Å². The van der Waals surface area contributed by atoms with Gasteiger partial charge in [-0.3, -0.25) is 9.78 Å². The first-order chi connectivity index (χ1) is 19.7. The van der Waals surface area contributed by atoms with E-state index in [-0.39, 0.29) is 45.5 Å². The molecule has 3 unspecified atom stereocenters. The van der Waals surface area contributed by atoms with Crippen molar-refractivity contribution in [3.63, 3.8) is 0 Å². The number of carbonyl (C=O) groups is 1. The number of hydrogen-bond acceptors (Lipinski definition) is 7. The van der Waals surface area contributed by atoms with E-state index >= 15 is 0 Å². The zero-order chi connectivity index (χ0) is 30.4. The van der Waals surface area contributed by atoms with E-state index in [1.807, 2.05) is 0 Å². The second kappa shape index (κ2) is 11.2. The summed E-state index contributed by atoms with van der Waals surface area (Å²) in [6.07, 6.45) is 3.65. The van der Waals surface area contributed by atoms with Crippen LogP contribution in [0, 0.1) is 29.3 Å². The second-order valence-electron chi connectivity index (χ2n) is 10.5. The number of nitrogens with zero attached hydrogens (tertiary/aromatic N) is 1. The Labute approximate surface area is 245 Å². The van der Waals surface area contributed by atoms with Crippen molar-refractivity contribution >= 4 is 43.1 Å². The van der Waals surface area contributed by atoms with E-state index < -0.39 is 65.9 Å². The number of hydrogen-bond donors (Lipinski definition) is 3. The summed E-state index contributed by atoms with van der Waals surface area (Å²) < 4.78 is 95.7. The molecule has 2 fully saturated rings. The van der Waals surface area contributed by atoms with Crippen LogP contribution in [0.3, 0.4) is 0 Å². The SMILES string of the molecule is O=C(Nc1cc(F)c(F)c(F)c1)c1ccc(Cl)c(S(=O)(=O)C2CC3CC[C@@H](C2)C3(O)CNS(=O)(=O)c2cccnc2)c1. The van der Waals surface area contributed by atoms with Gasteiger partial charge in [-0.15, -0.1) is 0 Å². The van der Waals surface area contributed by atoms with Crippen molar-refractivity contribution < 1.29 is 39.9 Å². The molecule has 1 amide bonds. The summed E-state index contributed by atoms with van der Waals surface area (Å²) in [5.41, 5.74) is -2.02. The van der Waals surface area contributed by atoms with Crippen LogP contribution in [-0.4, -0.2) is 50.2 Å². The highest BCUT2D eigenvalue weighted by atomic mass is 35.5. The molecule has 1 aromatic heterocycles. The number of rotatable bonds is 8. The van der Waals surface area contributed by atoms with E-state index in [0.29, 0.717) is 25.0 Å². The largest absolute Gasteiger partial charge is 0.388 e. The number of nitrogens with one attached hydrogen (secondary N) is 2. The van der Waals surface area contributed by atoms with Gasteiger partial charge >= 0.3 is 0 Å². The molecular weight excluding hydrogens is 619 g/mol. The Kier molecular flexibility index (Phi) is 8.13. The fraction of sp³-hybridized carbons (Fsp3) is 0.333. The Morgan fingerprint density at radius 3 is 2.26 bits per heavy atom. The molecule has 5 rings (SSSR count). The number of pyridine rings is 1. The molecule has 0 aliphatic heterocycles. The van der Waals surface area contributed by atoms with Gasteiger partial charge in [0.15, 0.2) is 27.3 Å². The Bertz CT molecular complexity index is 1720. The molecular formula is C27H25ClF3N3O6S2. The fourth-order valence-corrected chi connectivity index (χ4v) is 9.27. The van der Waals surface area contributed by atoms with Gasteiger partial charge in [0.1, 0.15) is 4.90 Å². The quantitative estimate of drug-likeness (QED) is 0.314. The smallest absolute Gasteiger partial charge is 0.255 e. The summed E-state index contributed by atoms with van der Waals surface area (Å²) in [6.45, 7) is -0.298. The molecule has 3 aromatic rings. The summed E-state index contributed by atoms with van der Waals surface area (Å²) >= 11 is 6.24. The normalized spacial score (nSPS) is 24.0. The molecule has 4 atom stereocenters. The van der Waals surface area contributed by atoms with E-state index in [0.717, 1.165) is 6.07 Å². The lowest BCUT2D eigenvalue weighted by atomic mass is 9.74. The van der Waals surface area contributed by atoms with Gasteiger partial charge in [-0.2, -0.15) is 0 Å². The highest BCUT2D eigenvalue weighted by Crippen LogP contribution is 2.52. The number of aromatic nitrogens is 1. The van der Waals surface area contributed by atoms with Gasteiger partial charge in [-0.1, -0.05) is 11.6 Å². The number of sulfone groups is 1. The van der Waals surface area contributed by atoms with E-state index in [1.54, 1.807) is 0 Å². The number of halogens is 4. The van der Waals surface area contributed by atoms with Crippen molar-refractivity contribution in [2.24, 2.45) is 11.8 Å². The van der Waals surface area contributed by atoms with Crippen LogP contribution in [0.15, 0.2) is 64.6 Å². The maximum atomic E-state index is 13.7. The number of sulfonamides is 1. The van der Waals surface area contributed by atoms with Gasteiger partial charge < -0.3 is 10.4 Å². The molecule has 42 heavy (non-hydrogen) atoms. The predicted molar refractivity (Wildman–Crippen MR) is 147 cm³/mol. The topological polar surface area (TPSA) is 143 Å². The summed E-state index contributed by atoms with van der Waals surface area (Å²) in [4.78, 5) is 16.2. The Balaban J connectivity index is 1.33. The van der Waals surface area contributed by atoms with E-state index in [9.17, 15) is 39.9 Å². The van der Waals surface area contributed by atoms with Crippen LogP contribution in [0.1, 0.15) is 36.0 Å². The zero-order valence-electron chi connectivity index (χ0n) is 21.7. The van der Waals surface area contributed by atoms with Gasteiger partial charge in [0.2, 0.25) is 10.0 Å². The van der Waals surface area contributed by atoms with Crippen LogP contribution in [0.5, 0.6) is 0 Å². The zero-order valence-corrected chi connectivity index (χ0v) is 24.1. The summed E-state index contributed by atoms with van der Waals surface area (Å²) in [5, 5.41) is 12.6. The lowest BCUT2D eigenvalue weighted by Crippen LogP contribution is -2.54. The second-order valence-corrected chi connectivity index (χ2v) is 14.8. The van der Waals surface area contributed by atoms with Gasteiger partial charge in [-0.05, 0) is 67.9 Å². The molecule has 9 nitrogen and oxygen atoms in total. The number of amides is 1. The average molecular weight is 644 g/mol. The minimum Gasteiger partial charge on any atom is -0.388 e. The van der Waals surface area contributed by atoms with Crippen LogP contribution in [-0.2, 0) is 19.9 Å². The maximum absolute atomic E-state index is 13.7. The third kappa shape index (κ3) is 5.65. The molecule has 2 aromatic carbocycles. The van der Waals surface area contributed by atoms with E-state index in [2.05, 4.69) is 15.0 Å².